The fourth-order valence-corrected chi connectivity index (χ4v) is 2.78. The molecule has 0 unspecified atom stereocenters. The highest BCUT2D eigenvalue weighted by atomic mass is 16.5. The van der Waals surface area contributed by atoms with Crippen molar-refractivity contribution in [1.29, 1.82) is 0 Å². The average Bonchev–Trinajstić information content (AvgIpc) is 2.86. The molecule has 0 aliphatic carbocycles. The summed E-state index contributed by atoms with van der Waals surface area (Å²) in [5.74, 6) is 0.484. The Morgan fingerprint density at radius 2 is 1.19 bits per heavy atom. The summed E-state index contributed by atoms with van der Waals surface area (Å²) in [6.07, 6.45) is 1.54. The van der Waals surface area contributed by atoms with Crippen molar-refractivity contribution < 1.29 is 19.1 Å². The zero-order valence-electron chi connectivity index (χ0n) is 17.7. The van der Waals surface area contributed by atoms with Gasteiger partial charge in [0.25, 0.3) is 11.8 Å². The number of nitrogens with one attached hydrogen (secondary N) is 4. The van der Waals surface area contributed by atoms with Gasteiger partial charge in [-0.05, 0) is 36.4 Å². The Bertz CT molecular complexity index is 1100. The van der Waals surface area contributed by atoms with Gasteiger partial charge in [0.15, 0.2) is 0 Å². The molecule has 0 aromatic heterocycles. The first-order valence-corrected chi connectivity index (χ1v) is 9.76. The number of ether oxygens (including phenoxy) is 2. The second-order valence-corrected chi connectivity index (χ2v) is 6.57. The van der Waals surface area contributed by atoms with Gasteiger partial charge >= 0.3 is 0 Å². The molecular formula is C24H24N4O4. The summed E-state index contributed by atoms with van der Waals surface area (Å²) in [6.45, 7) is 0. The molecule has 164 valence electrons. The standard InChI is InChI=1S/C24H24N4O4/c1-31-20-12-6-10-18(14-20)23(29)27-25-16-22(17-8-4-3-5-9-17)26-28-24(30)19-11-7-13-21(15-19)32-2/h3-16,25-26H,1-2H3,(H,27,29)(H,28,30)/b22-16+. The van der Waals surface area contributed by atoms with Crippen LogP contribution >= 0.6 is 0 Å². The first kappa shape index (κ1) is 22.2. The van der Waals surface area contributed by atoms with E-state index < -0.39 is 0 Å². The number of carbonyl (C=O) groups is 2. The van der Waals surface area contributed by atoms with E-state index in [0.29, 0.717) is 28.3 Å². The van der Waals surface area contributed by atoms with Crippen LogP contribution in [0.25, 0.3) is 5.70 Å². The molecule has 8 nitrogen and oxygen atoms in total. The third kappa shape index (κ3) is 6.02. The first-order valence-electron chi connectivity index (χ1n) is 9.76. The van der Waals surface area contributed by atoms with Crippen molar-refractivity contribution in [2.75, 3.05) is 14.2 Å². The fourth-order valence-electron chi connectivity index (χ4n) is 2.78. The van der Waals surface area contributed by atoms with Crippen molar-refractivity contribution in [2.45, 2.75) is 0 Å². The smallest absolute Gasteiger partial charge is 0.269 e. The maximum atomic E-state index is 12.5. The SMILES string of the molecule is COc1cccc(C(=O)NN/C=C(/NNC(=O)c2cccc(OC)c2)c2ccccc2)c1. The van der Waals surface area contributed by atoms with E-state index in [0.717, 1.165) is 5.56 Å². The molecule has 0 spiro atoms. The number of amides is 2. The highest BCUT2D eigenvalue weighted by molar-refractivity contribution is 5.95. The number of hydrazine groups is 2. The molecule has 0 aliphatic heterocycles. The molecule has 4 N–H and O–H groups in total. The summed E-state index contributed by atoms with van der Waals surface area (Å²) in [7, 11) is 3.08. The average molecular weight is 432 g/mol. The minimum atomic E-state index is -0.342. The molecule has 0 bridgehead atoms. The lowest BCUT2D eigenvalue weighted by atomic mass is 10.2. The van der Waals surface area contributed by atoms with Crippen LogP contribution in [0.1, 0.15) is 26.3 Å². The molecule has 0 heterocycles. The van der Waals surface area contributed by atoms with Gasteiger partial charge < -0.3 is 14.9 Å². The number of carbonyl (C=O) groups excluding carboxylic acids is 2. The van der Waals surface area contributed by atoms with Crippen molar-refractivity contribution >= 4 is 17.5 Å². The van der Waals surface area contributed by atoms with Gasteiger partial charge in [0.1, 0.15) is 11.5 Å². The third-order valence-corrected chi connectivity index (χ3v) is 4.46. The van der Waals surface area contributed by atoms with Gasteiger partial charge in [0, 0.05) is 22.9 Å². The molecule has 0 saturated heterocycles. The minimum Gasteiger partial charge on any atom is -0.497 e. The van der Waals surface area contributed by atoms with Crippen molar-refractivity contribution in [3.63, 3.8) is 0 Å². The Balaban J connectivity index is 1.68. The summed E-state index contributed by atoms with van der Waals surface area (Å²) in [5.41, 5.74) is 13.1. The highest BCUT2D eigenvalue weighted by Crippen LogP contribution is 2.14. The maximum absolute atomic E-state index is 12.5. The van der Waals surface area contributed by atoms with Crippen LogP contribution in [-0.4, -0.2) is 26.0 Å². The number of hydrogen-bond donors (Lipinski definition) is 4. The number of hydrogen-bond acceptors (Lipinski definition) is 6. The van der Waals surface area contributed by atoms with Crippen LogP contribution in [0.15, 0.2) is 85.1 Å². The predicted octanol–water partition coefficient (Wildman–Crippen LogP) is 2.87. The van der Waals surface area contributed by atoms with Crippen LogP contribution in [0.3, 0.4) is 0 Å². The summed E-state index contributed by atoms with van der Waals surface area (Å²) in [4.78, 5) is 24.9. The Hall–Kier alpha value is -4.46. The summed E-state index contributed by atoms with van der Waals surface area (Å²) < 4.78 is 10.3. The van der Waals surface area contributed by atoms with E-state index >= 15 is 0 Å². The summed E-state index contributed by atoms with van der Waals surface area (Å²) >= 11 is 0. The van der Waals surface area contributed by atoms with Gasteiger partial charge in [0.05, 0.1) is 19.9 Å². The van der Waals surface area contributed by atoms with E-state index in [2.05, 4.69) is 21.7 Å². The van der Waals surface area contributed by atoms with Crippen molar-refractivity contribution in [3.8, 4) is 11.5 Å². The van der Waals surface area contributed by atoms with Crippen LogP contribution in [0.4, 0.5) is 0 Å². The second kappa shape index (κ2) is 11.1. The Labute approximate surface area is 186 Å². The molecule has 32 heavy (non-hydrogen) atoms. The van der Waals surface area contributed by atoms with Gasteiger partial charge in [-0.1, -0.05) is 42.5 Å². The molecular weight excluding hydrogens is 408 g/mol. The Morgan fingerprint density at radius 1 is 0.656 bits per heavy atom. The van der Waals surface area contributed by atoms with Gasteiger partial charge in [-0.3, -0.25) is 25.9 Å². The first-order chi connectivity index (χ1) is 15.6. The molecule has 0 atom stereocenters. The van der Waals surface area contributed by atoms with E-state index in [9.17, 15) is 9.59 Å². The Morgan fingerprint density at radius 3 is 1.75 bits per heavy atom. The van der Waals surface area contributed by atoms with E-state index in [1.54, 1.807) is 54.7 Å². The van der Waals surface area contributed by atoms with Crippen molar-refractivity contribution in [3.05, 3.63) is 102 Å². The number of benzene rings is 3. The van der Waals surface area contributed by atoms with E-state index in [1.807, 2.05) is 30.3 Å². The third-order valence-electron chi connectivity index (χ3n) is 4.46. The predicted molar refractivity (Wildman–Crippen MR) is 122 cm³/mol. The molecule has 0 fully saturated rings. The Kier molecular flexibility index (Phi) is 7.69. The molecule has 0 saturated carbocycles. The largest absolute Gasteiger partial charge is 0.497 e. The summed E-state index contributed by atoms with van der Waals surface area (Å²) in [5, 5.41) is 0. The normalized spacial score (nSPS) is 10.6. The quantitative estimate of drug-likeness (QED) is 0.388. The molecule has 3 aromatic carbocycles. The van der Waals surface area contributed by atoms with Gasteiger partial charge in [0.2, 0.25) is 0 Å². The van der Waals surface area contributed by atoms with E-state index in [4.69, 9.17) is 9.47 Å². The molecule has 3 rings (SSSR count). The van der Waals surface area contributed by atoms with Gasteiger partial charge in [-0.2, -0.15) is 0 Å². The molecule has 8 heteroatoms. The molecule has 2 amide bonds. The zero-order valence-corrected chi connectivity index (χ0v) is 17.7. The fraction of sp³-hybridized carbons (Fsp3) is 0.0833. The van der Waals surface area contributed by atoms with Crippen LogP contribution in [-0.2, 0) is 0 Å². The lowest BCUT2D eigenvalue weighted by Gasteiger charge is -2.14. The maximum Gasteiger partial charge on any atom is 0.269 e. The van der Waals surface area contributed by atoms with Gasteiger partial charge in [-0.15, -0.1) is 0 Å². The lowest BCUT2D eigenvalue weighted by molar-refractivity contribution is 0.0931. The number of rotatable bonds is 9. The van der Waals surface area contributed by atoms with Crippen molar-refractivity contribution in [1.82, 2.24) is 21.7 Å². The highest BCUT2D eigenvalue weighted by Gasteiger charge is 2.09. The molecule has 3 aromatic rings. The number of methoxy groups -OCH3 is 2. The second-order valence-electron chi connectivity index (χ2n) is 6.57. The minimum absolute atomic E-state index is 0.340. The molecule has 0 aliphatic rings. The van der Waals surface area contributed by atoms with Crippen molar-refractivity contribution in [2.24, 2.45) is 0 Å². The zero-order chi connectivity index (χ0) is 22.8. The monoisotopic (exact) mass is 432 g/mol. The van der Waals surface area contributed by atoms with Gasteiger partial charge in [-0.25, -0.2) is 0 Å². The topological polar surface area (TPSA) is 101 Å². The summed E-state index contributed by atoms with van der Waals surface area (Å²) in [6, 6.07) is 22.9. The van der Waals surface area contributed by atoms with Crippen LogP contribution in [0, 0.1) is 0 Å². The molecule has 0 radical (unpaired) electrons. The van der Waals surface area contributed by atoms with E-state index in [-0.39, 0.29) is 11.8 Å². The van der Waals surface area contributed by atoms with Crippen LogP contribution in [0.5, 0.6) is 11.5 Å². The lowest BCUT2D eigenvalue weighted by Crippen LogP contribution is -2.38. The van der Waals surface area contributed by atoms with Crippen LogP contribution < -0.4 is 31.2 Å². The van der Waals surface area contributed by atoms with E-state index in [1.165, 1.54) is 14.2 Å². The van der Waals surface area contributed by atoms with Crippen LogP contribution in [0.2, 0.25) is 0 Å².